The fourth-order valence-corrected chi connectivity index (χ4v) is 3.16. The molecule has 1 heterocycles. The predicted octanol–water partition coefficient (Wildman–Crippen LogP) is 3.19. The van der Waals surface area contributed by atoms with Crippen molar-refractivity contribution in [1.82, 2.24) is 5.43 Å². The van der Waals surface area contributed by atoms with E-state index in [2.05, 4.69) is 15.8 Å². The van der Waals surface area contributed by atoms with Crippen molar-refractivity contribution >= 4 is 17.3 Å². The first-order valence-corrected chi connectivity index (χ1v) is 10.3. The van der Waals surface area contributed by atoms with E-state index in [9.17, 15) is 9.90 Å². The standard InChI is InChI=1S/C23H29N3O4/c1-3-11-29-21-13-17(9-10-20(21)23-16(2)12-22(28)25-26-23)24-14-18(27)15-30-19-7-5-4-6-8-19/h4-10,13,16,18,24,27H,3,11-12,14-15H2,1-2H3,(H,25,28). The quantitative estimate of drug-likeness (QED) is 0.558. The Morgan fingerprint density at radius 2 is 2.03 bits per heavy atom. The van der Waals surface area contributed by atoms with Crippen molar-refractivity contribution in [2.45, 2.75) is 32.8 Å². The lowest BCUT2D eigenvalue weighted by Gasteiger charge is -2.22. The van der Waals surface area contributed by atoms with Crippen molar-refractivity contribution in [2.75, 3.05) is 25.1 Å². The molecule has 0 spiro atoms. The molecule has 1 amide bonds. The number of aliphatic hydroxyl groups excluding tert-OH is 1. The normalized spacial score (nSPS) is 17.0. The van der Waals surface area contributed by atoms with Crippen LogP contribution in [0.25, 0.3) is 0 Å². The summed E-state index contributed by atoms with van der Waals surface area (Å²) in [5, 5.41) is 17.7. The van der Waals surface area contributed by atoms with Gasteiger partial charge in [-0.1, -0.05) is 32.0 Å². The smallest absolute Gasteiger partial charge is 0.240 e. The molecule has 160 valence electrons. The van der Waals surface area contributed by atoms with Crippen molar-refractivity contribution in [1.29, 1.82) is 0 Å². The summed E-state index contributed by atoms with van der Waals surface area (Å²) in [4.78, 5) is 11.6. The molecule has 3 rings (SSSR count). The molecule has 0 saturated heterocycles. The number of hydrogen-bond donors (Lipinski definition) is 3. The SMILES string of the molecule is CCCOc1cc(NCC(O)COc2ccccc2)ccc1C1=NNC(=O)CC1C. The van der Waals surface area contributed by atoms with Crippen LogP contribution in [-0.2, 0) is 4.79 Å². The second-order valence-corrected chi connectivity index (χ2v) is 7.36. The molecule has 1 aliphatic heterocycles. The third kappa shape index (κ3) is 5.97. The van der Waals surface area contributed by atoms with Crippen LogP contribution in [0.2, 0.25) is 0 Å². The summed E-state index contributed by atoms with van der Waals surface area (Å²) in [5.41, 5.74) is 5.07. The third-order valence-corrected chi connectivity index (χ3v) is 4.71. The Hall–Kier alpha value is -3.06. The van der Waals surface area contributed by atoms with E-state index in [1.54, 1.807) is 0 Å². The van der Waals surface area contributed by atoms with Gasteiger partial charge in [-0.15, -0.1) is 0 Å². The first-order chi connectivity index (χ1) is 14.6. The topological polar surface area (TPSA) is 92.2 Å². The van der Waals surface area contributed by atoms with Crippen LogP contribution in [0.5, 0.6) is 11.5 Å². The fourth-order valence-electron chi connectivity index (χ4n) is 3.16. The lowest BCUT2D eigenvalue weighted by molar-refractivity contribution is -0.121. The summed E-state index contributed by atoms with van der Waals surface area (Å²) in [6, 6.07) is 15.2. The molecule has 0 aliphatic carbocycles. The summed E-state index contributed by atoms with van der Waals surface area (Å²) in [7, 11) is 0. The molecule has 2 aromatic rings. The van der Waals surface area contributed by atoms with Gasteiger partial charge in [0, 0.05) is 36.2 Å². The van der Waals surface area contributed by atoms with E-state index >= 15 is 0 Å². The highest BCUT2D eigenvalue weighted by atomic mass is 16.5. The van der Waals surface area contributed by atoms with Gasteiger partial charge in [0.25, 0.3) is 0 Å². The summed E-state index contributed by atoms with van der Waals surface area (Å²) < 4.78 is 11.5. The molecule has 3 N–H and O–H groups in total. The molecule has 0 radical (unpaired) electrons. The molecule has 2 atom stereocenters. The third-order valence-electron chi connectivity index (χ3n) is 4.71. The van der Waals surface area contributed by atoms with Gasteiger partial charge in [-0.25, -0.2) is 5.43 Å². The van der Waals surface area contributed by atoms with Gasteiger partial charge in [0.1, 0.15) is 24.2 Å². The van der Waals surface area contributed by atoms with Gasteiger partial charge < -0.3 is 19.9 Å². The Balaban J connectivity index is 1.64. The Morgan fingerprint density at radius 1 is 1.23 bits per heavy atom. The Labute approximate surface area is 177 Å². The van der Waals surface area contributed by atoms with E-state index in [-0.39, 0.29) is 18.4 Å². The summed E-state index contributed by atoms with van der Waals surface area (Å²) in [5.74, 6) is 1.37. The molecule has 2 aromatic carbocycles. The zero-order valence-electron chi connectivity index (χ0n) is 17.4. The minimum atomic E-state index is -0.664. The van der Waals surface area contributed by atoms with E-state index in [1.807, 2.05) is 62.4 Å². The van der Waals surface area contributed by atoms with Crippen LogP contribution in [0, 0.1) is 5.92 Å². The Morgan fingerprint density at radius 3 is 2.77 bits per heavy atom. The average Bonchev–Trinajstić information content (AvgIpc) is 2.76. The van der Waals surface area contributed by atoms with E-state index in [0.717, 1.165) is 29.1 Å². The van der Waals surface area contributed by atoms with Crippen LogP contribution < -0.4 is 20.2 Å². The number of ether oxygens (including phenoxy) is 2. The maximum atomic E-state index is 11.6. The molecule has 7 nitrogen and oxygen atoms in total. The first-order valence-electron chi connectivity index (χ1n) is 10.3. The largest absolute Gasteiger partial charge is 0.493 e. The predicted molar refractivity (Wildman–Crippen MR) is 117 cm³/mol. The van der Waals surface area contributed by atoms with Gasteiger partial charge in [-0.05, 0) is 30.7 Å². The van der Waals surface area contributed by atoms with Crippen molar-refractivity contribution < 1.29 is 19.4 Å². The summed E-state index contributed by atoms with van der Waals surface area (Å²) >= 11 is 0. The highest BCUT2D eigenvalue weighted by molar-refractivity contribution is 6.07. The molecular weight excluding hydrogens is 382 g/mol. The summed E-state index contributed by atoms with van der Waals surface area (Å²) in [6.07, 6.45) is 0.619. The van der Waals surface area contributed by atoms with E-state index in [1.165, 1.54) is 0 Å². The monoisotopic (exact) mass is 411 g/mol. The number of rotatable bonds is 10. The number of para-hydroxylation sites is 1. The number of carbonyl (C=O) groups excluding carboxylic acids is 1. The van der Waals surface area contributed by atoms with Crippen LogP contribution in [0.15, 0.2) is 53.6 Å². The number of carbonyl (C=O) groups is 1. The van der Waals surface area contributed by atoms with Gasteiger partial charge in [-0.3, -0.25) is 4.79 Å². The molecule has 0 aromatic heterocycles. The van der Waals surface area contributed by atoms with Crippen molar-refractivity contribution in [2.24, 2.45) is 11.0 Å². The second-order valence-electron chi connectivity index (χ2n) is 7.36. The highest BCUT2D eigenvalue weighted by Crippen LogP contribution is 2.28. The molecule has 7 heteroatoms. The van der Waals surface area contributed by atoms with E-state index in [4.69, 9.17) is 9.47 Å². The number of nitrogens with one attached hydrogen (secondary N) is 2. The van der Waals surface area contributed by atoms with Crippen LogP contribution in [0.4, 0.5) is 5.69 Å². The molecule has 1 aliphatic rings. The fraction of sp³-hybridized carbons (Fsp3) is 0.391. The van der Waals surface area contributed by atoms with Crippen molar-refractivity contribution in [3.05, 3.63) is 54.1 Å². The Kier molecular flexibility index (Phi) is 7.68. The summed E-state index contributed by atoms with van der Waals surface area (Å²) in [6.45, 7) is 5.15. The number of amides is 1. The molecule has 0 saturated carbocycles. The number of benzene rings is 2. The molecule has 0 fully saturated rings. The lowest BCUT2D eigenvalue weighted by Crippen LogP contribution is -2.32. The number of hydrogen-bond acceptors (Lipinski definition) is 6. The minimum Gasteiger partial charge on any atom is -0.493 e. The van der Waals surface area contributed by atoms with Crippen LogP contribution in [0.3, 0.4) is 0 Å². The van der Waals surface area contributed by atoms with Crippen molar-refractivity contribution in [3.8, 4) is 11.5 Å². The van der Waals surface area contributed by atoms with Crippen molar-refractivity contribution in [3.63, 3.8) is 0 Å². The number of anilines is 1. The lowest BCUT2D eigenvalue weighted by atomic mass is 9.93. The highest BCUT2D eigenvalue weighted by Gasteiger charge is 2.24. The van der Waals surface area contributed by atoms with Crippen LogP contribution in [-0.4, -0.2) is 42.6 Å². The van der Waals surface area contributed by atoms with Gasteiger partial charge in [0.15, 0.2) is 0 Å². The molecule has 0 bridgehead atoms. The second kappa shape index (κ2) is 10.6. The van der Waals surface area contributed by atoms with Gasteiger partial charge in [-0.2, -0.15) is 5.10 Å². The van der Waals surface area contributed by atoms with Crippen LogP contribution >= 0.6 is 0 Å². The first kappa shape index (κ1) is 21.6. The number of aliphatic hydroxyl groups is 1. The van der Waals surface area contributed by atoms with E-state index < -0.39 is 6.10 Å². The van der Waals surface area contributed by atoms with Gasteiger partial charge in [0.05, 0.1) is 12.3 Å². The number of hydrazone groups is 1. The zero-order chi connectivity index (χ0) is 21.3. The molecule has 2 unspecified atom stereocenters. The van der Waals surface area contributed by atoms with Gasteiger partial charge >= 0.3 is 0 Å². The van der Waals surface area contributed by atoms with Gasteiger partial charge in [0.2, 0.25) is 5.91 Å². The zero-order valence-corrected chi connectivity index (χ0v) is 17.4. The van der Waals surface area contributed by atoms with E-state index in [0.29, 0.717) is 25.3 Å². The maximum absolute atomic E-state index is 11.6. The number of nitrogens with zero attached hydrogens (tertiary/aromatic N) is 1. The minimum absolute atomic E-state index is 0.0125. The molecular formula is C23H29N3O4. The Bertz CT molecular complexity index is 870. The average molecular weight is 412 g/mol. The maximum Gasteiger partial charge on any atom is 0.240 e. The van der Waals surface area contributed by atoms with Crippen LogP contribution in [0.1, 0.15) is 32.3 Å². The molecule has 30 heavy (non-hydrogen) atoms.